The number of nitrogens with zero attached hydrogens (tertiary/aromatic N) is 1. The summed E-state index contributed by atoms with van der Waals surface area (Å²) in [6, 6.07) is 6.21. The number of aromatic amines is 1. The van der Waals surface area contributed by atoms with Gasteiger partial charge < -0.3 is 10.4 Å². The third-order valence-corrected chi connectivity index (χ3v) is 3.49. The fourth-order valence-corrected chi connectivity index (χ4v) is 2.57. The number of aromatic nitrogens is 2. The Morgan fingerprint density at radius 3 is 2.89 bits per heavy atom. The number of fused-ring (bicyclic) bond motifs is 1. The van der Waals surface area contributed by atoms with Crippen LogP contribution in [0.1, 0.15) is 36.2 Å². The van der Waals surface area contributed by atoms with Crippen LogP contribution >= 0.6 is 0 Å². The first-order valence-corrected chi connectivity index (χ1v) is 6.22. The van der Waals surface area contributed by atoms with E-state index in [1.54, 1.807) is 0 Å². The first-order chi connectivity index (χ1) is 8.74. The minimum atomic E-state index is -1.00. The molecule has 1 heterocycles. The van der Waals surface area contributed by atoms with E-state index in [0.717, 1.165) is 11.2 Å². The van der Waals surface area contributed by atoms with Gasteiger partial charge in [0.25, 0.3) is 0 Å². The number of anilines is 1. The zero-order valence-corrected chi connectivity index (χ0v) is 9.94. The molecule has 0 atom stereocenters. The van der Waals surface area contributed by atoms with Gasteiger partial charge in [0.15, 0.2) is 5.69 Å². The van der Waals surface area contributed by atoms with Crippen LogP contribution in [0, 0.1) is 0 Å². The molecule has 0 amide bonds. The highest BCUT2D eigenvalue weighted by Crippen LogP contribution is 2.25. The molecular formula is C13H15N3O2. The lowest BCUT2D eigenvalue weighted by Gasteiger charge is -2.13. The monoisotopic (exact) mass is 245 g/mol. The van der Waals surface area contributed by atoms with E-state index in [4.69, 9.17) is 5.11 Å². The van der Waals surface area contributed by atoms with Crippen LogP contribution in [0.25, 0.3) is 10.9 Å². The van der Waals surface area contributed by atoms with E-state index in [2.05, 4.69) is 15.5 Å². The van der Waals surface area contributed by atoms with E-state index in [0.29, 0.717) is 11.4 Å². The summed E-state index contributed by atoms with van der Waals surface area (Å²) in [5.41, 5.74) is 1.81. The second-order valence-corrected chi connectivity index (χ2v) is 4.76. The van der Waals surface area contributed by atoms with Crippen LogP contribution in [0.4, 0.5) is 5.69 Å². The summed E-state index contributed by atoms with van der Waals surface area (Å²) in [4.78, 5) is 11.0. The molecule has 5 heteroatoms. The molecular weight excluding hydrogens is 230 g/mol. The third kappa shape index (κ3) is 1.92. The SMILES string of the molecule is O=C(O)c1n[nH]c2ccc(NC3CCCC3)cc12. The van der Waals surface area contributed by atoms with Crippen LogP contribution in [0.15, 0.2) is 18.2 Å². The van der Waals surface area contributed by atoms with E-state index in [-0.39, 0.29) is 5.69 Å². The van der Waals surface area contributed by atoms with Gasteiger partial charge in [0, 0.05) is 17.1 Å². The lowest BCUT2D eigenvalue weighted by molar-refractivity contribution is 0.0692. The second kappa shape index (κ2) is 4.33. The van der Waals surface area contributed by atoms with Crippen molar-refractivity contribution < 1.29 is 9.90 Å². The molecule has 3 rings (SSSR count). The van der Waals surface area contributed by atoms with Gasteiger partial charge >= 0.3 is 5.97 Å². The van der Waals surface area contributed by atoms with Crippen LogP contribution in [0.2, 0.25) is 0 Å². The summed E-state index contributed by atoms with van der Waals surface area (Å²) in [5, 5.41) is 19.7. The van der Waals surface area contributed by atoms with Crippen molar-refractivity contribution in [2.24, 2.45) is 0 Å². The highest BCUT2D eigenvalue weighted by Gasteiger charge is 2.16. The van der Waals surface area contributed by atoms with Crippen LogP contribution in [0.3, 0.4) is 0 Å². The van der Waals surface area contributed by atoms with Crippen molar-refractivity contribution in [1.82, 2.24) is 10.2 Å². The number of H-pyrrole nitrogens is 1. The summed E-state index contributed by atoms with van der Waals surface area (Å²) in [5.74, 6) is -1.00. The molecule has 1 aromatic heterocycles. The Hall–Kier alpha value is -2.04. The molecule has 0 radical (unpaired) electrons. The summed E-state index contributed by atoms with van der Waals surface area (Å²) >= 11 is 0. The number of aromatic carboxylic acids is 1. The Morgan fingerprint density at radius 2 is 2.17 bits per heavy atom. The topological polar surface area (TPSA) is 78.0 Å². The fraction of sp³-hybridized carbons (Fsp3) is 0.385. The fourth-order valence-electron chi connectivity index (χ4n) is 2.57. The number of rotatable bonds is 3. The zero-order valence-electron chi connectivity index (χ0n) is 9.94. The quantitative estimate of drug-likeness (QED) is 0.776. The van der Waals surface area contributed by atoms with Crippen molar-refractivity contribution in [3.63, 3.8) is 0 Å². The number of carbonyl (C=O) groups is 1. The predicted molar refractivity (Wildman–Crippen MR) is 68.9 cm³/mol. The number of hydrogen-bond donors (Lipinski definition) is 3. The van der Waals surface area contributed by atoms with Crippen molar-refractivity contribution in [3.05, 3.63) is 23.9 Å². The lowest BCUT2D eigenvalue weighted by atomic mass is 10.1. The maximum atomic E-state index is 11.0. The molecule has 1 aliphatic rings. The van der Waals surface area contributed by atoms with Crippen molar-refractivity contribution in [3.8, 4) is 0 Å². The average molecular weight is 245 g/mol. The summed E-state index contributed by atoms with van der Waals surface area (Å²) in [6.45, 7) is 0. The Bertz CT molecular complexity index is 585. The molecule has 0 spiro atoms. The molecule has 5 nitrogen and oxygen atoms in total. The zero-order chi connectivity index (χ0) is 12.5. The minimum absolute atomic E-state index is 0.0834. The summed E-state index contributed by atoms with van der Waals surface area (Å²) < 4.78 is 0. The van der Waals surface area contributed by atoms with Gasteiger partial charge in [0.05, 0.1) is 5.52 Å². The standard InChI is InChI=1S/C13H15N3O2/c17-13(18)12-10-7-9(5-6-11(10)15-16-12)14-8-3-1-2-4-8/h5-8,14H,1-4H2,(H,15,16)(H,17,18). The third-order valence-electron chi connectivity index (χ3n) is 3.49. The van der Waals surface area contributed by atoms with Gasteiger partial charge in [0.1, 0.15) is 0 Å². The summed E-state index contributed by atoms with van der Waals surface area (Å²) in [6.07, 6.45) is 4.92. The highest BCUT2D eigenvalue weighted by molar-refractivity contribution is 6.01. The smallest absolute Gasteiger partial charge is 0.357 e. The first kappa shape index (κ1) is 11.1. The van der Waals surface area contributed by atoms with Crippen molar-refractivity contribution >= 4 is 22.6 Å². The predicted octanol–water partition coefficient (Wildman–Crippen LogP) is 2.62. The van der Waals surface area contributed by atoms with Gasteiger partial charge in [-0.3, -0.25) is 5.10 Å². The number of benzene rings is 1. The maximum Gasteiger partial charge on any atom is 0.357 e. The molecule has 2 aromatic rings. The lowest BCUT2D eigenvalue weighted by Crippen LogP contribution is -2.14. The van der Waals surface area contributed by atoms with E-state index in [9.17, 15) is 4.79 Å². The van der Waals surface area contributed by atoms with E-state index >= 15 is 0 Å². The molecule has 18 heavy (non-hydrogen) atoms. The Kier molecular flexibility index (Phi) is 2.66. The number of carboxylic acid groups (broad SMARTS) is 1. The molecule has 1 saturated carbocycles. The van der Waals surface area contributed by atoms with Gasteiger partial charge in [-0.2, -0.15) is 5.10 Å². The van der Waals surface area contributed by atoms with Crippen LogP contribution < -0.4 is 5.32 Å². The Labute approximate surface area is 104 Å². The maximum absolute atomic E-state index is 11.0. The first-order valence-electron chi connectivity index (χ1n) is 6.22. The van der Waals surface area contributed by atoms with Gasteiger partial charge in [-0.05, 0) is 31.0 Å². The normalized spacial score (nSPS) is 16.2. The van der Waals surface area contributed by atoms with E-state index in [1.165, 1.54) is 25.7 Å². The van der Waals surface area contributed by atoms with Crippen LogP contribution in [-0.4, -0.2) is 27.3 Å². The van der Waals surface area contributed by atoms with Gasteiger partial charge in [-0.15, -0.1) is 0 Å². The van der Waals surface area contributed by atoms with Crippen LogP contribution in [0.5, 0.6) is 0 Å². The molecule has 1 aromatic carbocycles. The average Bonchev–Trinajstić information content (AvgIpc) is 2.97. The molecule has 1 fully saturated rings. The minimum Gasteiger partial charge on any atom is -0.476 e. The molecule has 0 bridgehead atoms. The molecule has 0 saturated heterocycles. The highest BCUT2D eigenvalue weighted by atomic mass is 16.4. The van der Waals surface area contributed by atoms with Crippen molar-refractivity contribution in [2.75, 3.05) is 5.32 Å². The van der Waals surface area contributed by atoms with E-state index in [1.807, 2.05) is 18.2 Å². The van der Waals surface area contributed by atoms with Gasteiger partial charge in [0.2, 0.25) is 0 Å². The summed E-state index contributed by atoms with van der Waals surface area (Å²) in [7, 11) is 0. The Morgan fingerprint density at radius 1 is 1.39 bits per heavy atom. The number of nitrogens with one attached hydrogen (secondary N) is 2. The van der Waals surface area contributed by atoms with E-state index < -0.39 is 5.97 Å². The number of carboxylic acids is 1. The van der Waals surface area contributed by atoms with Crippen molar-refractivity contribution in [2.45, 2.75) is 31.7 Å². The molecule has 1 aliphatic carbocycles. The largest absolute Gasteiger partial charge is 0.476 e. The van der Waals surface area contributed by atoms with Crippen LogP contribution in [-0.2, 0) is 0 Å². The second-order valence-electron chi connectivity index (χ2n) is 4.76. The van der Waals surface area contributed by atoms with Crippen molar-refractivity contribution in [1.29, 1.82) is 0 Å². The Balaban J connectivity index is 1.93. The van der Waals surface area contributed by atoms with Gasteiger partial charge in [-0.25, -0.2) is 4.79 Å². The molecule has 0 aliphatic heterocycles. The number of hydrogen-bond acceptors (Lipinski definition) is 3. The molecule has 0 unspecified atom stereocenters. The molecule has 3 N–H and O–H groups in total. The molecule has 94 valence electrons. The van der Waals surface area contributed by atoms with Gasteiger partial charge in [-0.1, -0.05) is 12.8 Å².